The molecule has 0 aromatic heterocycles. The number of rotatable bonds is 2. The van der Waals surface area contributed by atoms with Gasteiger partial charge in [-0.2, -0.15) is 0 Å². The van der Waals surface area contributed by atoms with Gasteiger partial charge in [0.2, 0.25) is 0 Å². The van der Waals surface area contributed by atoms with Gasteiger partial charge in [-0.1, -0.05) is 13.8 Å². The van der Waals surface area contributed by atoms with Crippen LogP contribution in [-0.4, -0.2) is 12.1 Å². The Morgan fingerprint density at radius 1 is 1.00 bits per heavy atom. The summed E-state index contributed by atoms with van der Waals surface area (Å²) in [5.74, 6) is 6.28. The molecule has 4 aliphatic carbocycles. The van der Waals surface area contributed by atoms with E-state index >= 15 is 0 Å². The molecule has 4 fully saturated rings. The van der Waals surface area contributed by atoms with Crippen molar-refractivity contribution in [3.8, 4) is 0 Å². The van der Waals surface area contributed by atoms with Crippen LogP contribution in [0.3, 0.4) is 0 Å². The van der Waals surface area contributed by atoms with Gasteiger partial charge in [-0.25, -0.2) is 4.79 Å². The van der Waals surface area contributed by atoms with E-state index in [-0.39, 0.29) is 11.7 Å². The van der Waals surface area contributed by atoms with E-state index in [2.05, 4.69) is 13.8 Å². The summed E-state index contributed by atoms with van der Waals surface area (Å²) in [5.41, 5.74) is 0.0410. The summed E-state index contributed by atoms with van der Waals surface area (Å²) in [4.78, 5) is 11.7. The highest BCUT2D eigenvalue weighted by atomic mass is 16.5. The van der Waals surface area contributed by atoms with Gasteiger partial charge in [0.25, 0.3) is 0 Å². The first kappa shape index (κ1) is 12.9. The molecule has 0 spiro atoms. The maximum absolute atomic E-state index is 11.7. The highest BCUT2D eigenvalue weighted by molar-refractivity contribution is 5.86. The summed E-state index contributed by atoms with van der Waals surface area (Å²) in [6.07, 6.45) is 3.87. The Bertz CT molecular complexity index is 468. The molecule has 0 aliphatic heterocycles. The van der Waals surface area contributed by atoms with Crippen LogP contribution in [0.25, 0.3) is 0 Å². The van der Waals surface area contributed by atoms with Crippen molar-refractivity contribution in [2.45, 2.75) is 46.1 Å². The molecule has 2 radical (unpaired) electrons. The van der Waals surface area contributed by atoms with E-state index in [0.717, 1.165) is 47.8 Å². The smallest absolute Gasteiger partial charge is 0.334 e. The van der Waals surface area contributed by atoms with Crippen molar-refractivity contribution >= 4 is 5.97 Å². The van der Waals surface area contributed by atoms with Crippen LogP contribution in [0.5, 0.6) is 0 Å². The van der Waals surface area contributed by atoms with Gasteiger partial charge in [-0.05, 0) is 73.5 Å². The van der Waals surface area contributed by atoms with Crippen molar-refractivity contribution < 1.29 is 9.53 Å². The van der Waals surface area contributed by atoms with E-state index in [4.69, 9.17) is 11.3 Å². The molecule has 20 heavy (non-hydrogen) atoms. The Kier molecular flexibility index (Phi) is 2.66. The molecule has 2 heteroatoms. The fourth-order valence-corrected chi connectivity index (χ4v) is 6.53. The third-order valence-corrected chi connectivity index (χ3v) is 7.35. The van der Waals surface area contributed by atoms with Gasteiger partial charge < -0.3 is 4.74 Å². The number of ether oxygens (including phenoxy) is 1. The molecule has 4 bridgehead atoms. The highest BCUT2D eigenvalue weighted by Crippen LogP contribution is 2.70. The molecule has 0 aromatic rings. The van der Waals surface area contributed by atoms with E-state index in [9.17, 15) is 4.79 Å². The van der Waals surface area contributed by atoms with Crippen molar-refractivity contribution in [2.24, 2.45) is 47.3 Å². The predicted molar refractivity (Wildman–Crippen MR) is 75.4 cm³/mol. The molecule has 9 atom stereocenters. The summed E-state index contributed by atoms with van der Waals surface area (Å²) >= 11 is 0. The fourth-order valence-electron chi connectivity index (χ4n) is 6.53. The van der Waals surface area contributed by atoms with Gasteiger partial charge in [0.05, 0.1) is 0 Å². The van der Waals surface area contributed by atoms with Gasteiger partial charge in [0.1, 0.15) is 6.10 Å². The first-order valence-electron chi connectivity index (χ1n) is 8.25. The van der Waals surface area contributed by atoms with Gasteiger partial charge in [0, 0.05) is 12.2 Å². The van der Waals surface area contributed by atoms with Gasteiger partial charge in [-0.15, -0.1) is 0 Å². The van der Waals surface area contributed by atoms with Gasteiger partial charge in [0.15, 0.2) is 0 Å². The van der Waals surface area contributed by atoms with Crippen LogP contribution in [0, 0.1) is 53.9 Å². The zero-order chi connectivity index (χ0) is 14.2. The molecule has 0 saturated heterocycles. The molecule has 9 unspecified atom stereocenters. The van der Waals surface area contributed by atoms with Crippen molar-refractivity contribution in [3.63, 3.8) is 0 Å². The number of fused-ring (bicyclic) bond motifs is 9. The van der Waals surface area contributed by atoms with E-state index in [1.165, 1.54) is 19.8 Å². The molecule has 0 amide bonds. The third kappa shape index (κ3) is 1.48. The number of esters is 1. The van der Waals surface area contributed by atoms with Crippen LogP contribution in [0.1, 0.15) is 40.0 Å². The Morgan fingerprint density at radius 3 is 2.30 bits per heavy atom. The van der Waals surface area contributed by atoms with E-state index in [1.807, 2.05) is 0 Å². The maximum atomic E-state index is 11.7. The van der Waals surface area contributed by atoms with Crippen LogP contribution < -0.4 is 0 Å². The van der Waals surface area contributed by atoms with Crippen LogP contribution in [0.15, 0.2) is 5.57 Å². The Labute approximate surface area is 122 Å². The van der Waals surface area contributed by atoms with E-state index < -0.39 is 5.97 Å². The molecule has 108 valence electrons. The second kappa shape index (κ2) is 4.11. The Balaban J connectivity index is 1.54. The average molecular weight is 272 g/mol. The van der Waals surface area contributed by atoms with Crippen LogP contribution in [0.2, 0.25) is 0 Å². The summed E-state index contributed by atoms with van der Waals surface area (Å²) in [5, 5.41) is 0. The van der Waals surface area contributed by atoms with Crippen LogP contribution in [0.4, 0.5) is 0 Å². The molecular formula is C18H24O2. The summed E-state index contributed by atoms with van der Waals surface area (Å²) in [6.45, 7) is 13.8. The van der Waals surface area contributed by atoms with Gasteiger partial charge >= 0.3 is 5.97 Å². The van der Waals surface area contributed by atoms with E-state index in [1.54, 1.807) is 0 Å². The lowest BCUT2D eigenvalue weighted by molar-refractivity contribution is -0.149. The minimum absolute atomic E-state index is 0.0410. The van der Waals surface area contributed by atoms with Crippen molar-refractivity contribution in [2.75, 3.05) is 0 Å². The summed E-state index contributed by atoms with van der Waals surface area (Å²) < 4.78 is 5.62. The van der Waals surface area contributed by atoms with Crippen molar-refractivity contribution in [1.29, 1.82) is 0 Å². The van der Waals surface area contributed by atoms with Crippen LogP contribution in [-0.2, 0) is 9.53 Å². The molecule has 4 rings (SSSR count). The molecule has 0 aromatic carbocycles. The Morgan fingerprint density at radius 2 is 1.65 bits per heavy atom. The molecule has 0 N–H and O–H groups in total. The summed E-state index contributed by atoms with van der Waals surface area (Å²) in [6, 6.07) is 0. The first-order valence-corrected chi connectivity index (χ1v) is 8.25. The number of carbonyl (C=O) groups excluding carboxylic acids is 1. The third-order valence-electron chi connectivity index (χ3n) is 7.35. The monoisotopic (exact) mass is 272 g/mol. The lowest BCUT2D eigenvalue weighted by atomic mass is 9.64. The average Bonchev–Trinajstić information content (AvgIpc) is 3.09. The maximum Gasteiger partial charge on any atom is 0.334 e. The number of hydrogen-bond acceptors (Lipinski definition) is 2. The highest BCUT2D eigenvalue weighted by Gasteiger charge is 2.66. The second-order valence-corrected chi connectivity index (χ2v) is 7.90. The second-order valence-electron chi connectivity index (χ2n) is 7.90. The van der Waals surface area contributed by atoms with Crippen molar-refractivity contribution in [3.05, 3.63) is 12.2 Å². The summed E-state index contributed by atoms with van der Waals surface area (Å²) in [7, 11) is 0. The minimum Gasteiger partial charge on any atom is -0.459 e. The largest absolute Gasteiger partial charge is 0.459 e. The molecular weight excluding hydrogens is 248 g/mol. The zero-order valence-corrected chi connectivity index (χ0v) is 12.6. The van der Waals surface area contributed by atoms with Crippen LogP contribution >= 0.6 is 0 Å². The van der Waals surface area contributed by atoms with E-state index in [0.29, 0.717) is 5.92 Å². The van der Waals surface area contributed by atoms with Crippen molar-refractivity contribution in [1.82, 2.24) is 0 Å². The molecule has 4 aliphatic rings. The minimum atomic E-state index is -0.399. The number of carbonyl (C=O) groups is 1. The fraction of sp³-hybridized carbons (Fsp3) is 0.833. The number of hydrogen-bond donors (Lipinski definition) is 0. The SMILES string of the molecule is [C]=C(C)C(=O)OC1CC2CC1C1C3CC(C(C)C3C)C21. The quantitative estimate of drug-likeness (QED) is 0.438. The predicted octanol–water partition coefficient (Wildman–Crippen LogP) is 3.35. The standard InChI is InChI=1S/C18H24O2/c1-8(2)18(19)20-15-6-11-5-14(15)17-13-7-12(16(11)17)9(3)10(13)4/h9-17H,5-7H2,1,3-4H3. The molecule has 4 saturated carbocycles. The molecule has 2 nitrogen and oxygen atoms in total. The zero-order valence-electron chi connectivity index (χ0n) is 12.6. The first-order chi connectivity index (χ1) is 9.49. The lowest BCUT2D eigenvalue weighted by Gasteiger charge is -2.43. The Hall–Kier alpha value is -0.790. The topological polar surface area (TPSA) is 26.3 Å². The molecule has 0 heterocycles. The lowest BCUT2D eigenvalue weighted by Crippen LogP contribution is -2.41. The normalized spacial score (nSPS) is 55.0. The van der Waals surface area contributed by atoms with Gasteiger partial charge in [-0.3, -0.25) is 0 Å².